The smallest absolute Gasteiger partial charge is 0.306 e. The number of carbonyl (C=O) groups is 2. The van der Waals surface area contributed by atoms with Gasteiger partial charge in [0.25, 0.3) is 10.0 Å². The number of ether oxygens (including phenoxy) is 2. The summed E-state index contributed by atoms with van der Waals surface area (Å²) in [7, 11) is -2.36. The molecule has 13 heteroatoms. The molecule has 2 rings (SSSR count). The van der Waals surface area contributed by atoms with Crippen LogP contribution in [0.3, 0.4) is 0 Å². The Kier molecular flexibility index (Phi) is 8.90. The molecule has 3 N–H and O–H groups in total. The van der Waals surface area contributed by atoms with Crippen LogP contribution in [0.4, 0.5) is 11.5 Å². The number of aromatic nitrogens is 1. The van der Waals surface area contributed by atoms with Crippen molar-refractivity contribution in [1.29, 1.82) is 0 Å². The van der Waals surface area contributed by atoms with Crippen LogP contribution in [-0.2, 0) is 29.1 Å². The lowest BCUT2D eigenvalue weighted by Gasteiger charge is -2.10. The molecule has 31 heavy (non-hydrogen) atoms. The zero-order valence-corrected chi connectivity index (χ0v) is 18.5. The molecule has 1 heterocycles. The molecule has 0 saturated carbocycles. The second-order valence-electron chi connectivity index (χ2n) is 6.17. The van der Waals surface area contributed by atoms with Gasteiger partial charge in [-0.15, -0.1) is 0 Å². The van der Waals surface area contributed by atoms with Crippen molar-refractivity contribution in [3.05, 3.63) is 36.1 Å². The lowest BCUT2D eigenvalue weighted by Crippen LogP contribution is -2.34. The van der Waals surface area contributed by atoms with Gasteiger partial charge in [0.15, 0.2) is 10.9 Å². The van der Waals surface area contributed by atoms with Gasteiger partial charge in [0.1, 0.15) is 12.4 Å². The Labute approximate surface area is 184 Å². The van der Waals surface area contributed by atoms with E-state index in [1.165, 1.54) is 37.4 Å². The normalized spacial score (nSPS) is 10.9. The number of sulfonamides is 1. The third kappa shape index (κ3) is 8.32. The number of rotatable bonds is 10. The highest BCUT2D eigenvalue weighted by Crippen LogP contribution is 2.18. The van der Waals surface area contributed by atoms with Gasteiger partial charge in [-0.3, -0.25) is 14.3 Å². The molecule has 0 aliphatic rings. The largest absolute Gasteiger partial charge is 0.463 e. The van der Waals surface area contributed by atoms with Crippen molar-refractivity contribution in [2.24, 2.45) is 0 Å². The van der Waals surface area contributed by atoms with Crippen molar-refractivity contribution >= 4 is 50.7 Å². The predicted molar refractivity (Wildman–Crippen MR) is 115 cm³/mol. The molecular formula is C18H22N4O7S2. The highest BCUT2D eigenvalue weighted by Gasteiger charge is 2.16. The molecule has 0 aliphatic carbocycles. The maximum Gasteiger partial charge on any atom is 0.306 e. The van der Waals surface area contributed by atoms with Gasteiger partial charge in [-0.25, -0.2) is 8.42 Å². The Morgan fingerprint density at radius 2 is 1.87 bits per heavy atom. The van der Waals surface area contributed by atoms with E-state index in [-0.39, 0.29) is 41.9 Å². The van der Waals surface area contributed by atoms with E-state index in [1.807, 2.05) is 0 Å². The molecule has 1 amide bonds. The van der Waals surface area contributed by atoms with Crippen LogP contribution >= 0.6 is 12.2 Å². The molecule has 0 spiro atoms. The summed E-state index contributed by atoms with van der Waals surface area (Å²) in [4.78, 5) is 23.3. The number of amides is 1. The number of nitrogens with zero attached hydrogens (tertiary/aromatic N) is 1. The van der Waals surface area contributed by atoms with Crippen LogP contribution in [0.15, 0.2) is 39.8 Å². The first-order chi connectivity index (χ1) is 14.7. The quantitative estimate of drug-likeness (QED) is 0.265. The SMILES string of the molecule is COCCOC(=O)CCC(=O)NC(=S)Nc1ccc(S(=O)(=O)Nc2cc(C)on2)cc1. The zero-order valence-electron chi connectivity index (χ0n) is 16.8. The summed E-state index contributed by atoms with van der Waals surface area (Å²) in [6, 6.07) is 7.13. The fourth-order valence-electron chi connectivity index (χ4n) is 2.21. The Hall–Kier alpha value is -3.03. The summed E-state index contributed by atoms with van der Waals surface area (Å²) < 4.78 is 41.5. The third-order valence-corrected chi connectivity index (χ3v) is 5.22. The van der Waals surface area contributed by atoms with Gasteiger partial charge in [-0.2, -0.15) is 0 Å². The number of carbonyl (C=O) groups excluding carboxylic acids is 2. The van der Waals surface area contributed by atoms with Crippen LogP contribution in [0.5, 0.6) is 0 Å². The number of hydrogen-bond acceptors (Lipinski definition) is 9. The van der Waals surface area contributed by atoms with E-state index in [4.69, 9.17) is 26.2 Å². The molecule has 0 saturated heterocycles. The maximum atomic E-state index is 12.4. The highest BCUT2D eigenvalue weighted by molar-refractivity contribution is 7.92. The number of aryl methyl sites for hydroxylation is 1. The van der Waals surface area contributed by atoms with Crippen molar-refractivity contribution in [2.75, 3.05) is 30.4 Å². The monoisotopic (exact) mass is 470 g/mol. The molecule has 0 radical (unpaired) electrons. The van der Waals surface area contributed by atoms with Crippen molar-refractivity contribution in [3.63, 3.8) is 0 Å². The Morgan fingerprint density at radius 1 is 1.16 bits per heavy atom. The second kappa shape index (κ2) is 11.4. The highest BCUT2D eigenvalue weighted by atomic mass is 32.2. The first-order valence-corrected chi connectivity index (χ1v) is 10.9. The lowest BCUT2D eigenvalue weighted by molar-refractivity contribution is -0.146. The lowest BCUT2D eigenvalue weighted by atomic mass is 10.3. The molecule has 0 atom stereocenters. The number of thiocarbonyl (C=S) groups is 1. The second-order valence-corrected chi connectivity index (χ2v) is 8.26. The molecular weight excluding hydrogens is 448 g/mol. The van der Waals surface area contributed by atoms with Crippen molar-refractivity contribution in [3.8, 4) is 0 Å². The molecule has 0 bridgehead atoms. The van der Waals surface area contributed by atoms with E-state index in [1.54, 1.807) is 6.92 Å². The predicted octanol–water partition coefficient (Wildman–Crippen LogP) is 1.57. The van der Waals surface area contributed by atoms with Gasteiger partial charge in [0, 0.05) is 25.3 Å². The maximum absolute atomic E-state index is 12.4. The first kappa shape index (κ1) is 24.2. The summed E-state index contributed by atoms with van der Waals surface area (Å²) in [5.41, 5.74) is 0.459. The number of anilines is 2. The average Bonchev–Trinajstić information content (AvgIpc) is 3.10. The number of benzene rings is 1. The summed E-state index contributed by atoms with van der Waals surface area (Å²) in [5.74, 6) is -0.438. The molecule has 11 nitrogen and oxygen atoms in total. The zero-order chi connectivity index (χ0) is 22.9. The van der Waals surface area contributed by atoms with Crippen molar-refractivity contribution in [2.45, 2.75) is 24.7 Å². The van der Waals surface area contributed by atoms with Crippen LogP contribution in [0.25, 0.3) is 0 Å². The van der Waals surface area contributed by atoms with Crippen molar-refractivity contribution in [1.82, 2.24) is 10.5 Å². The van der Waals surface area contributed by atoms with Crippen LogP contribution in [0.2, 0.25) is 0 Å². The molecule has 2 aromatic rings. The molecule has 0 aliphatic heterocycles. The van der Waals surface area contributed by atoms with Gasteiger partial charge < -0.3 is 24.6 Å². The average molecular weight is 471 g/mol. The summed E-state index contributed by atoms with van der Waals surface area (Å²) in [6.07, 6.45) is -0.194. The summed E-state index contributed by atoms with van der Waals surface area (Å²) in [5, 5.41) is 8.78. The number of hydrogen-bond donors (Lipinski definition) is 3. The van der Waals surface area contributed by atoms with Gasteiger partial charge in [0.2, 0.25) is 5.91 Å². The minimum Gasteiger partial charge on any atom is -0.463 e. The Balaban J connectivity index is 1.81. The van der Waals surface area contributed by atoms with Crippen LogP contribution in [-0.4, -0.2) is 50.9 Å². The fraction of sp³-hybridized carbons (Fsp3) is 0.333. The van der Waals surface area contributed by atoms with Gasteiger partial charge in [-0.05, 0) is 43.4 Å². The van der Waals surface area contributed by atoms with E-state index in [2.05, 4.69) is 20.5 Å². The van der Waals surface area contributed by atoms with Crippen LogP contribution < -0.4 is 15.4 Å². The van der Waals surface area contributed by atoms with Gasteiger partial charge in [0.05, 0.1) is 17.9 Å². The van der Waals surface area contributed by atoms with E-state index < -0.39 is 21.9 Å². The minimum atomic E-state index is -3.84. The van der Waals surface area contributed by atoms with E-state index in [0.717, 1.165) is 0 Å². The Bertz CT molecular complexity index is 1020. The minimum absolute atomic E-state index is 0.000595. The molecule has 1 aromatic carbocycles. The van der Waals surface area contributed by atoms with E-state index in [9.17, 15) is 18.0 Å². The molecule has 168 valence electrons. The summed E-state index contributed by atoms with van der Waals surface area (Å²) >= 11 is 5.05. The topological polar surface area (TPSA) is 149 Å². The number of esters is 1. The first-order valence-electron chi connectivity index (χ1n) is 9.01. The molecule has 0 fully saturated rings. The van der Waals surface area contributed by atoms with Crippen LogP contribution in [0.1, 0.15) is 18.6 Å². The summed E-state index contributed by atoms with van der Waals surface area (Å²) in [6.45, 7) is 2.04. The van der Waals surface area contributed by atoms with Gasteiger partial charge in [-0.1, -0.05) is 5.16 Å². The van der Waals surface area contributed by atoms with Crippen LogP contribution in [0, 0.1) is 6.92 Å². The number of methoxy groups -OCH3 is 1. The standard InChI is InChI=1S/C18H22N4O7S2/c1-12-11-15(21-29-12)22-31(25,26)14-5-3-13(4-6-14)19-18(30)20-16(23)7-8-17(24)28-10-9-27-2/h3-6,11H,7-10H2,1-2H3,(H,21,22)(H2,19,20,23,30). The van der Waals surface area contributed by atoms with Gasteiger partial charge >= 0.3 is 5.97 Å². The molecule has 0 unspecified atom stereocenters. The Morgan fingerprint density at radius 3 is 2.48 bits per heavy atom. The number of nitrogens with one attached hydrogen (secondary N) is 3. The fourth-order valence-corrected chi connectivity index (χ4v) is 3.42. The van der Waals surface area contributed by atoms with E-state index in [0.29, 0.717) is 11.4 Å². The van der Waals surface area contributed by atoms with Crippen molar-refractivity contribution < 1.29 is 32.0 Å². The van der Waals surface area contributed by atoms with E-state index >= 15 is 0 Å². The third-order valence-electron chi connectivity index (χ3n) is 3.65. The molecule has 1 aromatic heterocycles.